The molecule has 2 aromatic rings. The Kier molecular flexibility index (Phi) is 8.73. The molecule has 0 aliphatic carbocycles. The van der Waals surface area contributed by atoms with Crippen molar-refractivity contribution in [2.24, 2.45) is 5.41 Å². The van der Waals surface area contributed by atoms with Crippen LogP contribution < -0.4 is 5.32 Å². The van der Waals surface area contributed by atoms with Gasteiger partial charge < -0.3 is 15.3 Å². The maximum atomic E-state index is 13.1. The third-order valence-corrected chi connectivity index (χ3v) is 7.62. The summed E-state index contributed by atoms with van der Waals surface area (Å²) in [5, 5.41) is 12.4. The number of piperidine rings is 2. The molecule has 2 amide bonds. The molecule has 4 rings (SSSR count). The van der Waals surface area contributed by atoms with E-state index in [4.69, 9.17) is 11.6 Å². The molecule has 2 unspecified atom stereocenters. The number of nitrogens with zero attached hydrogens (tertiary/aromatic N) is 1. The molecule has 2 aliphatic rings. The van der Waals surface area contributed by atoms with Crippen LogP contribution in [0.25, 0.3) is 0 Å². The van der Waals surface area contributed by atoms with E-state index in [9.17, 15) is 32.3 Å². The summed E-state index contributed by atoms with van der Waals surface area (Å²) >= 11 is 8.61. The van der Waals surface area contributed by atoms with Crippen molar-refractivity contribution in [1.29, 1.82) is 0 Å². The van der Waals surface area contributed by atoms with Crippen LogP contribution in [0.1, 0.15) is 43.2 Å². The van der Waals surface area contributed by atoms with E-state index < -0.39 is 11.8 Å². The van der Waals surface area contributed by atoms with E-state index in [-0.39, 0.29) is 33.6 Å². The topological polar surface area (TPSA) is 69.6 Å². The van der Waals surface area contributed by atoms with E-state index in [1.54, 1.807) is 4.90 Å². The van der Waals surface area contributed by atoms with E-state index in [1.165, 1.54) is 24.3 Å². The van der Waals surface area contributed by atoms with Gasteiger partial charge in [-0.3, -0.25) is 9.59 Å². The Morgan fingerprint density at radius 3 is 2.31 bits per heavy atom. The predicted octanol–water partition coefficient (Wildman–Crippen LogP) is 5.54. The predicted molar refractivity (Wildman–Crippen MR) is 131 cm³/mol. The molecule has 2 aromatic carbocycles. The number of aliphatic hydroxyl groups is 1. The molecule has 0 bridgehead atoms. The fourth-order valence-electron chi connectivity index (χ4n) is 4.70. The van der Waals surface area contributed by atoms with E-state index in [0.717, 1.165) is 30.9 Å². The second kappa shape index (κ2) is 11.1. The van der Waals surface area contributed by atoms with Crippen molar-refractivity contribution in [1.82, 2.24) is 10.2 Å². The Morgan fingerprint density at radius 2 is 1.78 bits per heavy atom. The molecule has 1 spiro atoms. The van der Waals surface area contributed by atoms with Gasteiger partial charge in [-0.05, 0) is 66.6 Å². The van der Waals surface area contributed by atoms with Gasteiger partial charge in [0.1, 0.15) is 5.82 Å². The highest BCUT2D eigenvalue weighted by atomic mass is 79.9. The third-order valence-electron chi connectivity index (χ3n) is 6.95. The summed E-state index contributed by atoms with van der Waals surface area (Å²) in [6.07, 6.45) is -1.73. The number of carbonyl (C=O) groups is 2. The molecule has 0 aromatic heterocycles. The van der Waals surface area contributed by atoms with Crippen LogP contribution in [0.5, 0.6) is 0 Å². The van der Waals surface area contributed by atoms with Gasteiger partial charge >= 0.3 is 6.18 Å². The van der Waals surface area contributed by atoms with Crippen molar-refractivity contribution in [3.8, 4) is 0 Å². The Hall–Kier alpha value is -2.17. The number of hydrogen-bond donors (Lipinski definition) is 2. The molecule has 2 atom stereocenters. The number of amides is 2. The highest BCUT2D eigenvalue weighted by Gasteiger charge is 2.51. The van der Waals surface area contributed by atoms with Crippen molar-refractivity contribution >= 4 is 39.8 Å². The van der Waals surface area contributed by atoms with Crippen LogP contribution in [0.4, 0.5) is 17.6 Å². The van der Waals surface area contributed by atoms with Gasteiger partial charge in [0.25, 0.3) is 0 Å². The van der Waals surface area contributed by atoms with Crippen LogP contribution in [0.3, 0.4) is 0 Å². The van der Waals surface area contributed by atoms with E-state index in [2.05, 4.69) is 21.2 Å². The molecule has 2 aliphatic heterocycles. The minimum absolute atomic E-state index is 0.0768. The second-order valence-corrected chi connectivity index (χ2v) is 10.7. The first-order valence-corrected chi connectivity index (χ1v) is 12.4. The maximum Gasteiger partial charge on any atom is 0.421 e. The Labute approximate surface area is 219 Å². The summed E-state index contributed by atoms with van der Waals surface area (Å²) in [5.41, 5.74) is -2.24. The number of nitrogens with one attached hydrogen (secondary N) is 1. The fourth-order valence-corrected chi connectivity index (χ4v) is 5.56. The lowest BCUT2D eigenvalue weighted by Crippen LogP contribution is -2.51. The largest absolute Gasteiger partial charge is 0.421 e. The van der Waals surface area contributed by atoms with Crippen LogP contribution in [0.2, 0.25) is 5.02 Å². The van der Waals surface area contributed by atoms with Crippen LogP contribution in [-0.2, 0) is 15.2 Å². The number of carbonyl (C=O) groups excluding carboxylic acids is 2. The molecule has 36 heavy (non-hydrogen) atoms. The van der Waals surface area contributed by atoms with Crippen LogP contribution in [-0.4, -0.2) is 48.1 Å². The minimum Gasteiger partial charge on any atom is -0.376 e. The van der Waals surface area contributed by atoms with Gasteiger partial charge in [0, 0.05) is 41.5 Å². The summed E-state index contributed by atoms with van der Waals surface area (Å²) in [6.45, 7) is 2.65. The number of alkyl halides is 3. The van der Waals surface area contributed by atoms with Crippen molar-refractivity contribution < 1.29 is 32.3 Å². The molecular formula is C25H26BrClF4N2O3. The number of hydrogen-bond acceptors (Lipinski definition) is 3. The summed E-state index contributed by atoms with van der Waals surface area (Å²) in [6, 6.07) is 10.3. The molecule has 11 heteroatoms. The first kappa shape index (κ1) is 28.4. The van der Waals surface area contributed by atoms with E-state index in [0.29, 0.717) is 37.5 Å². The Balaban J connectivity index is 0.000000214. The highest BCUT2D eigenvalue weighted by molar-refractivity contribution is 9.10. The highest BCUT2D eigenvalue weighted by Crippen LogP contribution is 2.48. The van der Waals surface area contributed by atoms with Crippen molar-refractivity contribution in [3.05, 3.63) is 68.9 Å². The monoisotopic (exact) mass is 592 g/mol. The Bertz CT molecular complexity index is 1070. The normalized spacial score (nSPS) is 21.2. The van der Waals surface area contributed by atoms with Crippen LogP contribution in [0.15, 0.2) is 46.9 Å². The zero-order chi connectivity index (χ0) is 26.7. The molecular weight excluding hydrogens is 568 g/mol. The summed E-state index contributed by atoms with van der Waals surface area (Å²) < 4.78 is 50.9. The molecule has 0 saturated carbocycles. The fraction of sp³-hybridized carbons (Fsp3) is 0.440. The summed E-state index contributed by atoms with van der Waals surface area (Å²) in [4.78, 5) is 24.5. The molecule has 2 N–H and O–H groups in total. The third kappa shape index (κ3) is 6.39. The molecule has 0 radical (unpaired) electrons. The summed E-state index contributed by atoms with van der Waals surface area (Å²) in [5.74, 6) is 0.0148. The average Bonchev–Trinajstić information content (AvgIpc) is 2.80. The quantitative estimate of drug-likeness (QED) is 0.363. The molecule has 5 nitrogen and oxygen atoms in total. The van der Waals surface area contributed by atoms with Crippen molar-refractivity contribution in [2.75, 3.05) is 19.6 Å². The van der Waals surface area contributed by atoms with Crippen molar-refractivity contribution in [3.63, 3.8) is 0 Å². The molecule has 196 valence electrons. The van der Waals surface area contributed by atoms with Crippen molar-refractivity contribution in [2.45, 2.75) is 43.9 Å². The lowest BCUT2D eigenvalue weighted by Gasteiger charge is -2.48. The second-order valence-electron chi connectivity index (χ2n) is 9.32. The number of halogens is 6. The van der Waals surface area contributed by atoms with Gasteiger partial charge in [-0.1, -0.05) is 39.7 Å². The van der Waals surface area contributed by atoms with Gasteiger partial charge in [-0.2, -0.15) is 13.2 Å². The van der Waals surface area contributed by atoms with Gasteiger partial charge in [-0.25, -0.2) is 4.39 Å². The first-order chi connectivity index (χ1) is 16.8. The zero-order valence-electron chi connectivity index (χ0n) is 19.4. The number of benzene rings is 2. The van der Waals surface area contributed by atoms with Gasteiger partial charge in [-0.15, -0.1) is 0 Å². The van der Waals surface area contributed by atoms with Gasteiger partial charge in [0.15, 0.2) is 5.60 Å². The van der Waals surface area contributed by atoms with Gasteiger partial charge in [0.2, 0.25) is 12.3 Å². The maximum absolute atomic E-state index is 13.1. The van der Waals surface area contributed by atoms with Crippen LogP contribution in [0, 0.1) is 11.2 Å². The van der Waals surface area contributed by atoms with E-state index >= 15 is 0 Å². The SMILES string of the molecule is CC(O)(c1cc(Cl)cc(Br)c1)C(F)(F)F.O=CN1CCC2(CC1)CC(=O)NCC2c1ccc(F)cc1. The van der Waals surface area contributed by atoms with Crippen LogP contribution >= 0.6 is 27.5 Å². The molecule has 2 heterocycles. The molecule has 2 fully saturated rings. The number of rotatable bonds is 3. The number of likely N-dealkylation sites (tertiary alicyclic amines) is 1. The Morgan fingerprint density at radius 1 is 1.17 bits per heavy atom. The lowest BCUT2D eigenvalue weighted by atomic mass is 9.62. The lowest BCUT2D eigenvalue weighted by molar-refractivity contribution is -0.258. The smallest absolute Gasteiger partial charge is 0.376 e. The van der Waals surface area contributed by atoms with E-state index in [1.807, 2.05) is 12.1 Å². The average molecular weight is 594 g/mol. The summed E-state index contributed by atoms with van der Waals surface area (Å²) in [7, 11) is 0. The zero-order valence-corrected chi connectivity index (χ0v) is 21.8. The first-order valence-electron chi connectivity index (χ1n) is 11.2. The standard InChI is InChI=1S/C16H19FN2O2.C9H7BrClF3O/c17-13-3-1-12(2-4-13)14-10-18-15(21)9-16(14)5-7-19(11-20)8-6-16;1-8(15,9(12,13)14)5-2-6(10)4-7(11)3-5/h1-4,11,14H,5-10H2,(H,18,21);2-4,15H,1H3. The van der Waals surface area contributed by atoms with Gasteiger partial charge in [0.05, 0.1) is 0 Å². The minimum atomic E-state index is -4.74. The molecule has 2 saturated heterocycles.